The largest absolute Gasteiger partial charge is 0.328 e. The quantitative estimate of drug-likeness (QED) is 0.591. The van der Waals surface area contributed by atoms with E-state index in [0.717, 1.165) is 36.2 Å². The Bertz CT molecular complexity index is 692. The summed E-state index contributed by atoms with van der Waals surface area (Å²) in [6, 6.07) is 6.60. The molecule has 25 heavy (non-hydrogen) atoms. The van der Waals surface area contributed by atoms with Crippen LogP contribution in [0.4, 0.5) is 5.69 Å². The van der Waals surface area contributed by atoms with Gasteiger partial charge in [-0.15, -0.1) is 0 Å². The van der Waals surface area contributed by atoms with Crippen LogP contribution >= 0.6 is 0 Å². The van der Waals surface area contributed by atoms with Gasteiger partial charge in [-0.3, -0.25) is 19.9 Å². The third-order valence-corrected chi connectivity index (χ3v) is 4.56. The third kappa shape index (κ3) is 4.32. The lowest BCUT2D eigenvalue weighted by atomic mass is 9.77. The standard InChI is InChI=1S/C19H25N3O3/c1-4-7-18(23)21-17-12-20-16(6-3)15(5-2)19(17)13-8-10-14(11-9-13)22(24)25/h8-12,15,19H,4-7H2,1-3H3,(H,21,23). The molecular weight excluding hydrogens is 318 g/mol. The van der Waals surface area contributed by atoms with Crippen LogP contribution in [0.5, 0.6) is 0 Å². The highest BCUT2D eigenvalue weighted by Crippen LogP contribution is 2.38. The maximum absolute atomic E-state index is 12.1. The lowest BCUT2D eigenvalue weighted by molar-refractivity contribution is -0.384. The van der Waals surface area contributed by atoms with Crippen molar-refractivity contribution in [1.29, 1.82) is 0 Å². The van der Waals surface area contributed by atoms with E-state index in [4.69, 9.17) is 0 Å². The Kier molecular flexibility index (Phi) is 6.44. The van der Waals surface area contributed by atoms with E-state index in [-0.39, 0.29) is 23.4 Å². The van der Waals surface area contributed by atoms with Crippen LogP contribution in [-0.4, -0.2) is 16.5 Å². The second kappa shape index (κ2) is 8.55. The summed E-state index contributed by atoms with van der Waals surface area (Å²) in [7, 11) is 0. The van der Waals surface area contributed by atoms with Gasteiger partial charge in [-0.2, -0.15) is 0 Å². The first kappa shape index (κ1) is 18.8. The van der Waals surface area contributed by atoms with Gasteiger partial charge in [-0.25, -0.2) is 0 Å². The Morgan fingerprint density at radius 3 is 2.44 bits per heavy atom. The normalized spacial score (nSPS) is 19.8. The van der Waals surface area contributed by atoms with Crippen LogP contribution in [0, 0.1) is 16.0 Å². The molecular formula is C19H25N3O3. The molecule has 1 aliphatic rings. The summed E-state index contributed by atoms with van der Waals surface area (Å²) in [4.78, 5) is 27.1. The molecule has 0 radical (unpaired) electrons. The molecule has 0 fully saturated rings. The highest BCUT2D eigenvalue weighted by Gasteiger charge is 2.32. The van der Waals surface area contributed by atoms with Crippen molar-refractivity contribution < 1.29 is 9.72 Å². The van der Waals surface area contributed by atoms with E-state index in [1.165, 1.54) is 12.1 Å². The van der Waals surface area contributed by atoms with Crippen molar-refractivity contribution in [2.24, 2.45) is 10.9 Å². The number of allylic oxidation sites excluding steroid dienone is 1. The Morgan fingerprint density at radius 2 is 1.92 bits per heavy atom. The number of hydrogen-bond donors (Lipinski definition) is 1. The van der Waals surface area contributed by atoms with E-state index in [1.54, 1.807) is 18.3 Å². The minimum Gasteiger partial charge on any atom is -0.328 e. The van der Waals surface area contributed by atoms with Crippen LogP contribution in [0.15, 0.2) is 41.2 Å². The number of benzene rings is 1. The Balaban J connectivity index is 2.39. The second-order valence-corrected chi connectivity index (χ2v) is 6.20. The van der Waals surface area contributed by atoms with Gasteiger partial charge in [0.25, 0.3) is 5.69 Å². The number of non-ortho nitro benzene ring substituents is 1. The smallest absolute Gasteiger partial charge is 0.269 e. The number of nitro benzene ring substituents is 1. The van der Waals surface area contributed by atoms with Crippen molar-refractivity contribution >= 4 is 17.3 Å². The first-order valence-corrected chi connectivity index (χ1v) is 8.82. The lowest BCUT2D eigenvalue weighted by Crippen LogP contribution is -2.34. The summed E-state index contributed by atoms with van der Waals surface area (Å²) >= 11 is 0. The van der Waals surface area contributed by atoms with E-state index in [2.05, 4.69) is 24.2 Å². The highest BCUT2D eigenvalue weighted by atomic mass is 16.6. The third-order valence-electron chi connectivity index (χ3n) is 4.56. The fourth-order valence-electron chi connectivity index (χ4n) is 3.34. The van der Waals surface area contributed by atoms with Gasteiger partial charge in [0.05, 0.1) is 4.92 Å². The summed E-state index contributed by atoms with van der Waals surface area (Å²) in [6.45, 7) is 6.14. The van der Waals surface area contributed by atoms with Gasteiger partial charge in [0.15, 0.2) is 0 Å². The molecule has 0 bridgehead atoms. The molecule has 2 rings (SSSR count). The van der Waals surface area contributed by atoms with Gasteiger partial charge >= 0.3 is 0 Å². The number of nitrogens with one attached hydrogen (secondary N) is 1. The molecule has 1 heterocycles. The molecule has 0 spiro atoms. The zero-order valence-corrected chi connectivity index (χ0v) is 15.0. The van der Waals surface area contributed by atoms with Crippen LogP contribution in [0.25, 0.3) is 0 Å². The average molecular weight is 343 g/mol. The zero-order valence-electron chi connectivity index (χ0n) is 15.0. The Morgan fingerprint density at radius 1 is 1.24 bits per heavy atom. The molecule has 0 aliphatic carbocycles. The Hall–Kier alpha value is -2.50. The summed E-state index contributed by atoms with van der Waals surface area (Å²) < 4.78 is 0. The van der Waals surface area contributed by atoms with Crippen LogP contribution in [0.1, 0.15) is 57.9 Å². The molecule has 1 amide bonds. The first-order valence-electron chi connectivity index (χ1n) is 8.82. The number of carbonyl (C=O) groups excluding carboxylic acids is 1. The number of rotatable bonds is 7. The van der Waals surface area contributed by atoms with Crippen LogP contribution in [0.2, 0.25) is 0 Å². The Labute approximate surface area is 148 Å². The predicted molar refractivity (Wildman–Crippen MR) is 98.5 cm³/mol. The number of carbonyl (C=O) groups is 1. The van der Waals surface area contributed by atoms with Crippen molar-refractivity contribution in [3.8, 4) is 0 Å². The molecule has 2 unspecified atom stereocenters. The molecule has 6 nitrogen and oxygen atoms in total. The van der Waals surface area contributed by atoms with Gasteiger partial charge in [-0.05, 0) is 24.8 Å². The van der Waals surface area contributed by atoms with E-state index in [1.807, 2.05) is 6.92 Å². The molecule has 0 saturated heterocycles. The topological polar surface area (TPSA) is 84.6 Å². The van der Waals surface area contributed by atoms with E-state index in [9.17, 15) is 14.9 Å². The number of nitrogens with zero attached hydrogens (tertiary/aromatic N) is 2. The van der Waals surface area contributed by atoms with E-state index in [0.29, 0.717) is 6.42 Å². The lowest BCUT2D eigenvalue weighted by Gasteiger charge is -2.32. The molecule has 134 valence electrons. The number of nitro groups is 1. The SMILES string of the molecule is CCCC(=O)NC1=CN=C(CC)C(CC)C1c1ccc([N+](=O)[O-])cc1. The molecule has 0 saturated carbocycles. The van der Waals surface area contributed by atoms with Crippen molar-refractivity contribution in [3.63, 3.8) is 0 Å². The maximum Gasteiger partial charge on any atom is 0.269 e. The fourth-order valence-corrected chi connectivity index (χ4v) is 3.34. The summed E-state index contributed by atoms with van der Waals surface area (Å²) in [6.07, 6.45) is 4.71. The number of amides is 1. The molecule has 2 atom stereocenters. The molecule has 1 aromatic carbocycles. The summed E-state index contributed by atoms with van der Waals surface area (Å²) in [5.41, 5.74) is 2.90. The first-order chi connectivity index (χ1) is 12.0. The molecule has 1 N–H and O–H groups in total. The molecule has 1 aliphatic heterocycles. The van der Waals surface area contributed by atoms with Crippen molar-refractivity contribution in [2.45, 2.75) is 52.4 Å². The van der Waals surface area contributed by atoms with Gasteiger partial charge in [-0.1, -0.05) is 32.9 Å². The van der Waals surface area contributed by atoms with Gasteiger partial charge in [0.1, 0.15) is 0 Å². The van der Waals surface area contributed by atoms with E-state index < -0.39 is 4.92 Å². The molecule has 0 aromatic heterocycles. The molecule has 1 aromatic rings. The highest BCUT2D eigenvalue weighted by molar-refractivity contribution is 5.90. The monoisotopic (exact) mass is 343 g/mol. The van der Waals surface area contributed by atoms with Crippen LogP contribution < -0.4 is 5.32 Å². The number of aliphatic imine (C=N–C) groups is 1. The van der Waals surface area contributed by atoms with Gasteiger partial charge in [0, 0.05) is 48.0 Å². The molecule has 6 heteroatoms. The van der Waals surface area contributed by atoms with Crippen molar-refractivity contribution in [3.05, 3.63) is 51.8 Å². The second-order valence-electron chi connectivity index (χ2n) is 6.20. The van der Waals surface area contributed by atoms with Crippen LogP contribution in [-0.2, 0) is 4.79 Å². The van der Waals surface area contributed by atoms with Gasteiger partial charge in [0.2, 0.25) is 5.91 Å². The minimum absolute atomic E-state index is 0.0225. The predicted octanol–water partition coefficient (Wildman–Crippen LogP) is 4.33. The van der Waals surface area contributed by atoms with Crippen LogP contribution in [0.3, 0.4) is 0 Å². The number of hydrogen-bond acceptors (Lipinski definition) is 4. The summed E-state index contributed by atoms with van der Waals surface area (Å²) in [5, 5.41) is 13.9. The van der Waals surface area contributed by atoms with Crippen molar-refractivity contribution in [1.82, 2.24) is 5.32 Å². The average Bonchev–Trinajstić information content (AvgIpc) is 2.61. The zero-order chi connectivity index (χ0) is 18.4. The van der Waals surface area contributed by atoms with Gasteiger partial charge < -0.3 is 5.32 Å². The maximum atomic E-state index is 12.1. The summed E-state index contributed by atoms with van der Waals surface area (Å²) in [5.74, 6) is 0.109. The minimum atomic E-state index is -0.402. The van der Waals surface area contributed by atoms with E-state index >= 15 is 0 Å². The van der Waals surface area contributed by atoms with Crippen molar-refractivity contribution in [2.75, 3.05) is 0 Å². The fraction of sp³-hybridized carbons (Fsp3) is 0.474.